The monoisotopic (exact) mass is 418 g/mol. The van der Waals surface area contributed by atoms with Gasteiger partial charge in [0.2, 0.25) is 0 Å². The number of carbonyl (C=O) groups excluding carboxylic acids is 1. The van der Waals surface area contributed by atoms with E-state index in [1.54, 1.807) is 7.11 Å². The van der Waals surface area contributed by atoms with Gasteiger partial charge in [0.05, 0.1) is 7.11 Å². The molecule has 0 bridgehead atoms. The van der Waals surface area contributed by atoms with Crippen molar-refractivity contribution in [3.63, 3.8) is 0 Å². The van der Waals surface area contributed by atoms with Crippen LogP contribution in [-0.4, -0.2) is 19.7 Å². The van der Waals surface area contributed by atoms with E-state index in [0.717, 1.165) is 24.4 Å². The SMILES string of the molecule is CCCCCCCCCCCCCCCCCCNC(=O)Nc1ccc(OC)cc1. The average molecular weight is 419 g/mol. The molecule has 4 nitrogen and oxygen atoms in total. The number of urea groups is 1. The molecule has 0 saturated carbocycles. The van der Waals surface area contributed by atoms with Gasteiger partial charge in [-0.1, -0.05) is 103 Å². The standard InChI is InChI=1S/C26H46N2O2/c1-3-4-5-6-7-8-9-10-11-12-13-14-15-16-17-18-23-27-26(29)28-24-19-21-25(30-2)22-20-24/h19-22H,3-18,23H2,1-2H3,(H2,27,28,29). The molecule has 1 aromatic carbocycles. The lowest BCUT2D eigenvalue weighted by Crippen LogP contribution is -2.29. The molecule has 0 aliphatic carbocycles. The molecule has 0 aliphatic rings. The molecule has 4 heteroatoms. The number of ether oxygens (including phenoxy) is 1. The van der Waals surface area contributed by atoms with Crippen LogP contribution in [0.4, 0.5) is 10.5 Å². The Balaban J connectivity index is 1.80. The Morgan fingerprint density at radius 1 is 0.700 bits per heavy atom. The van der Waals surface area contributed by atoms with Crippen LogP contribution in [0.5, 0.6) is 5.75 Å². The zero-order valence-electron chi connectivity index (χ0n) is 19.6. The van der Waals surface area contributed by atoms with Crippen LogP contribution in [0.2, 0.25) is 0 Å². The number of benzene rings is 1. The average Bonchev–Trinajstić information content (AvgIpc) is 2.76. The van der Waals surface area contributed by atoms with Crippen molar-refractivity contribution < 1.29 is 9.53 Å². The molecular formula is C26H46N2O2. The third kappa shape index (κ3) is 15.2. The molecule has 0 saturated heterocycles. The first-order valence-electron chi connectivity index (χ1n) is 12.4. The third-order valence-corrected chi connectivity index (χ3v) is 5.66. The molecule has 172 valence electrons. The van der Waals surface area contributed by atoms with E-state index in [0.29, 0.717) is 0 Å². The Hall–Kier alpha value is -1.71. The second-order valence-electron chi connectivity index (χ2n) is 8.41. The van der Waals surface area contributed by atoms with Crippen molar-refractivity contribution >= 4 is 11.7 Å². The minimum absolute atomic E-state index is 0.138. The predicted molar refractivity (Wildman–Crippen MR) is 130 cm³/mol. The largest absolute Gasteiger partial charge is 0.497 e. The first-order chi connectivity index (χ1) is 14.8. The maximum Gasteiger partial charge on any atom is 0.319 e. The Kier molecular flexibility index (Phi) is 16.9. The topological polar surface area (TPSA) is 50.4 Å². The number of carbonyl (C=O) groups is 1. The summed E-state index contributed by atoms with van der Waals surface area (Å²) in [6.45, 7) is 3.02. The van der Waals surface area contributed by atoms with E-state index in [9.17, 15) is 4.79 Å². The number of amides is 2. The Morgan fingerprint density at radius 3 is 1.57 bits per heavy atom. The van der Waals surface area contributed by atoms with E-state index >= 15 is 0 Å². The fourth-order valence-corrected chi connectivity index (χ4v) is 3.72. The molecule has 1 rings (SSSR count). The molecule has 0 spiro atoms. The van der Waals surface area contributed by atoms with Crippen molar-refractivity contribution in [2.75, 3.05) is 19.0 Å². The third-order valence-electron chi connectivity index (χ3n) is 5.66. The fraction of sp³-hybridized carbons (Fsp3) is 0.731. The van der Waals surface area contributed by atoms with Gasteiger partial charge in [-0.05, 0) is 30.7 Å². The van der Waals surface area contributed by atoms with Gasteiger partial charge >= 0.3 is 6.03 Å². The van der Waals surface area contributed by atoms with Crippen LogP contribution in [0.25, 0.3) is 0 Å². The van der Waals surface area contributed by atoms with Crippen molar-refractivity contribution in [3.05, 3.63) is 24.3 Å². The summed E-state index contributed by atoms with van der Waals surface area (Å²) >= 11 is 0. The molecule has 2 N–H and O–H groups in total. The van der Waals surface area contributed by atoms with Crippen LogP contribution in [-0.2, 0) is 0 Å². The summed E-state index contributed by atoms with van der Waals surface area (Å²) in [5, 5.41) is 5.77. The fourth-order valence-electron chi connectivity index (χ4n) is 3.72. The zero-order valence-corrected chi connectivity index (χ0v) is 19.6. The number of hydrogen-bond donors (Lipinski definition) is 2. The second-order valence-corrected chi connectivity index (χ2v) is 8.41. The first kappa shape index (κ1) is 26.3. The molecule has 2 amide bonds. The summed E-state index contributed by atoms with van der Waals surface area (Å²) < 4.78 is 5.11. The lowest BCUT2D eigenvalue weighted by Gasteiger charge is -2.08. The maximum atomic E-state index is 11.9. The smallest absolute Gasteiger partial charge is 0.319 e. The van der Waals surface area contributed by atoms with Gasteiger partial charge in [-0.2, -0.15) is 0 Å². The Bertz CT molecular complexity index is 516. The van der Waals surface area contributed by atoms with Crippen LogP contribution < -0.4 is 15.4 Å². The summed E-state index contributed by atoms with van der Waals surface area (Å²) in [7, 11) is 1.63. The van der Waals surface area contributed by atoms with Crippen LogP contribution in [0, 0.1) is 0 Å². The maximum absolute atomic E-state index is 11.9. The Morgan fingerprint density at radius 2 is 1.13 bits per heavy atom. The van der Waals surface area contributed by atoms with Crippen LogP contribution >= 0.6 is 0 Å². The van der Waals surface area contributed by atoms with Crippen molar-refractivity contribution in [1.29, 1.82) is 0 Å². The predicted octanol–water partition coefficient (Wildman–Crippen LogP) is 8.08. The Labute approximate surface area is 185 Å². The zero-order chi connectivity index (χ0) is 21.7. The van der Waals surface area contributed by atoms with E-state index in [1.807, 2.05) is 24.3 Å². The van der Waals surface area contributed by atoms with Gasteiger partial charge in [0.1, 0.15) is 5.75 Å². The molecule has 30 heavy (non-hydrogen) atoms. The normalized spacial score (nSPS) is 10.7. The molecule has 0 aromatic heterocycles. The molecule has 0 fully saturated rings. The lowest BCUT2D eigenvalue weighted by atomic mass is 10.0. The van der Waals surface area contributed by atoms with Gasteiger partial charge in [-0.25, -0.2) is 4.79 Å². The van der Waals surface area contributed by atoms with E-state index < -0.39 is 0 Å². The van der Waals surface area contributed by atoms with E-state index in [2.05, 4.69) is 17.6 Å². The van der Waals surface area contributed by atoms with Crippen LogP contribution in [0.3, 0.4) is 0 Å². The van der Waals surface area contributed by atoms with Gasteiger partial charge in [0.15, 0.2) is 0 Å². The second kappa shape index (κ2) is 19.3. The van der Waals surface area contributed by atoms with Crippen molar-refractivity contribution in [1.82, 2.24) is 5.32 Å². The highest BCUT2D eigenvalue weighted by molar-refractivity contribution is 5.89. The number of methoxy groups -OCH3 is 1. The summed E-state index contributed by atoms with van der Waals surface area (Å²) in [6.07, 6.45) is 21.8. The number of unbranched alkanes of at least 4 members (excludes halogenated alkanes) is 15. The summed E-state index contributed by atoms with van der Waals surface area (Å²) in [6, 6.07) is 7.22. The summed E-state index contributed by atoms with van der Waals surface area (Å²) in [5.41, 5.74) is 0.778. The minimum atomic E-state index is -0.138. The number of hydrogen-bond acceptors (Lipinski definition) is 2. The van der Waals surface area contributed by atoms with Crippen molar-refractivity contribution in [2.45, 2.75) is 110 Å². The van der Waals surface area contributed by atoms with Crippen molar-refractivity contribution in [2.24, 2.45) is 0 Å². The lowest BCUT2D eigenvalue weighted by molar-refractivity contribution is 0.252. The highest BCUT2D eigenvalue weighted by Crippen LogP contribution is 2.15. The van der Waals surface area contributed by atoms with Crippen LogP contribution in [0.15, 0.2) is 24.3 Å². The first-order valence-corrected chi connectivity index (χ1v) is 12.4. The number of anilines is 1. The van der Waals surface area contributed by atoms with Crippen molar-refractivity contribution in [3.8, 4) is 5.75 Å². The van der Waals surface area contributed by atoms with E-state index in [-0.39, 0.29) is 6.03 Å². The van der Waals surface area contributed by atoms with Gasteiger partial charge in [-0.15, -0.1) is 0 Å². The van der Waals surface area contributed by atoms with E-state index in [4.69, 9.17) is 4.74 Å². The summed E-state index contributed by atoms with van der Waals surface area (Å²) in [5.74, 6) is 0.786. The van der Waals surface area contributed by atoms with Gasteiger partial charge < -0.3 is 15.4 Å². The molecule has 0 unspecified atom stereocenters. The molecule has 0 heterocycles. The number of nitrogens with one attached hydrogen (secondary N) is 2. The molecule has 0 radical (unpaired) electrons. The van der Waals surface area contributed by atoms with E-state index in [1.165, 1.54) is 96.3 Å². The summed E-state index contributed by atoms with van der Waals surface area (Å²) in [4.78, 5) is 11.9. The van der Waals surface area contributed by atoms with Gasteiger partial charge in [0, 0.05) is 12.2 Å². The quantitative estimate of drug-likeness (QED) is 0.223. The van der Waals surface area contributed by atoms with Gasteiger partial charge in [-0.3, -0.25) is 0 Å². The molecular weight excluding hydrogens is 372 g/mol. The molecule has 0 atom stereocenters. The van der Waals surface area contributed by atoms with Gasteiger partial charge in [0.25, 0.3) is 0 Å². The molecule has 0 aliphatic heterocycles. The highest BCUT2D eigenvalue weighted by atomic mass is 16.5. The van der Waals surface area contributed by atoms with Crippen LogP contribution in [0.1, 0.15) is 110 Å². The minimum Gasteiger partial charge on any atom is -0.497 e. The number of rotatable bonds is 19. The highest BCUT2D eigenvalue weighted by Gasteiger charge is 2.01. The molecule has 1 aromatic rings.